The molecule has 4 rings (SSSR count). The maximum atomic E-state index is 11.0. The largest absolute Gasteiger partial charge is 0.489 e. The van der Waals surface area contributed by atoms with Crippen molar-refractivity contribution in [3.05, 3.63) is 101 Å². The van der Waals surface area contributed by atoms with Crippen LogP contribution in [0.4, 0.5) is 0 Å². The zero-order chi connectivity index (χ0) is 21.3. The number of hydrogen-bond donors (Lipinski definition) is 0. The molecule has 0 radical (unpaired) electrons. The lowest BCUT2D eigenvalue weighted by atomic mass is 10.2. The molecule has 0 saturated heterocycles. The summed E-state index contributed by atoms with van der Waals surface area (Å²) >= 11 is 4.95. The zero-order valence-corrected chi connectivity index (χ0v) is 17.0. The first-order valence-corrected chi connectivity index (χ1v) is 9.55. The molecule has 2 aromatic heterocycles. The fourth-order valence-corrected chi connectivity index (χ4v) is 2.73. The van der Waals surface area contributed by atoms with Gasteiger partial charge in [-0.25, -0.2) is 4.79 Å². The summed E-state index contributed by atoms with van der Waals surface area (Å²) in [5, 5.41) is 1.88. The molecule has 0 N–H and O–H groups in total. The van der Waals surface area contributed by atoms with Gasteiger partial charge in [0, 0.05) is 29.0 Å². The lowest BCUT2D eigenvalue weighted by Crippen LogP contribution is -1.96. The van der Waals surface area contributed by atoms with Crippen molar-refractivity contribution in [2.24, 2.45) is 0 Å². The van der Waals surface area contributed by atoms with Crippen LogP contribution in [0.1, 0.15) is 0 Å². The second-order valence-electron chi connectivity index (χ2n) is 6.11. The molecule has 6 heteroatoms. The molecule has 2 heterocycles. The van der Waals surface area contributed by atoms with Crippen LogP contribution < -0.4 is 15.1 Å². The van der Waals surface area contributed by atoms with E-state index >= 15 is 0 Å². The van der Waals surface area contributed by atoms with Crippen LogP contribution in [0, 0.1) is 4.71 Å². The van der Waals surface area contributed by atoms with Crippen LogP contribution in [0.2, 0.25) is 0 Å². The Hall–Kier alpha value is -3.64. The predicted octanol–water partition coefficient (Wildman–Crippen LogP) is 6.08. The van der Waals surface area contributed by atoms with Gasteiger partial charge in [0.25, 0.3) is 0 Å². The molecule has 4 aromatic rings. The Labute approximate surface area is 178 Å². The first kappa shape index (κ1) is 21.1. The molecule has 5 nitrogen and oxygen atoms in total. The highest BCUT2D eigenvalue weighted by atomic mass is 32.1. The van der Waals surface area contributed by atoms with Crippen LogP contribution in [0.3, 0.4) is 0 Å². The number of ether oxygens (including phenoxy) is 2. The van der Waals surface area contributed by atoms with E-state index in [1.807, 2.05) is 36.4 Å². The Kier molecular flexibility index (Phi) is 7.19. The molecular weight excluding hydrogens is 400 g/mol. The third kappa shape index (κ3) is 5.68. The summed E-state index contributed by atoms with van der Waals surface area (Å²) in [4.78, 5) is 11.0. The maximum absolute atomic E-state index is 11.0. The van der Waals surface area contributed by atoms with Gasteiger partial charge >= 0.3 is 5.63 Å². The topological polar surface area (TPSA) is 61.8 Å². The second-order valence-corrected chi connectivity index (χ2v) is 6.51. The third-order valence-corrected chi connectivity index (χ3v) is 4.14. The number of hydrogen-bond acceptors (Lipinski definition) is 6. The van der Waals surface area contributed by atoms with Crippen LogP contribution in [0.5, 0.6) is 11.5 Å². The molecule has 0 atom stereocenters. The molecule has 0 spiro atoms. The van der Waals surface area contributed by atoms with Crippen LogP contribution in [0.25, 0.3) is 21.9 Å². The minimum atomic E-state index is -0.358. The van der Waals surface area contributed by atoms with Gasteiger partial charge in [-0.3, -0.25) is 0 Å². The zero-order valence-electron chi connectivity index (χ0n) is 16.2. The van der Waals surface area contributed by atoms with E-state index in [2.05, 4.69) is 13.2 Å². The summed E-state index contributed by atoms with van der Waals surface area (Å²) < 4.78 is 21.6. The highest BCUT2D eigenvalue weighted by molar-refractivity contribution is 7.71. The van der Waals surface area contributed by atoms with E-state index in [1.54, 1.807) is 30.4 Å². The van der Waals surface area contributed by atoms with Gasteiger partial charge in [0.1, 0.15) is 35.9 Å². The molecule has 0 aliphatic rings. The van der Waals surface area contributed by atoms with Crippen LogP contribution in [-0.4, -0.2) is 13.2 Å². The molecule has 2 aromatic carbocycles. The smallest absolute Gasteiger partial charge is 0.336 e. The Balaban J connectivity index is 0.000000171. The molecule has 0 aliphatic heterocycles. The van der Waals surface area contributed by atoms with E-state index < -0.39 is 0 Å². The number of benzene rings is 2. The highest BCUT2D eigenvalue weighted by Gasteiger charge is 2.00. The second kappa shape index (κ2) is 10.2. The van der Waals surface area contributed by atoms with Crippen LogP contribution >= 0.6 is 12.2 Å². The molecule has 0 bridgehead atoms. The summed E-state index contributed by atoms with van der Waals surface area (Å²) in [6.45, 7) is 8.06. The quantitative estimate of drug-likeness (QED) is 0.214. The lowest BCUT2D eigenvalue weighted by molar-refractivity contribution is 0.363. The van der Waals surface area contributed by atoms with Gasteiger partial charge in [-0.15, -0.1) is 0 Å². The highest BCUT2D eigenvalue weighted by Crippen LogP contribution is 2.21. The fourth-order valence-electron chi connectivity index (χ4n) is 2.57. The van der Waals surface area contributed by atoms with Gasteiger partial charge in [0.15, 0.2) is 4.71 Å². The van der Waals surface area contributed by atoms with Gasteiger partial charge in [0.2, 0.25) is 0 Å². The Bertz CT molecular complexity index is 1180. The minimum absolute atomic E-state index is 0.358. The van der Waals surface area contributed by atoms with E-state index in [0.29, 0.717) is 29.3 Å². The molecule has 0 unspecified atom stereocenters. The number of rotatable bonds is 6. The van der Waals surface area contributed by atoms with Crippen molar-refractivity contribution < 1.29 is 18.3 Å². The van der Waals surface area contributed by atoms with Crippen LogP contribution in [0.15, 0.2) is 99.6 Å². The fraction of sp³-hybridized carbons (Fsp3) is 0.0833. The van der Waals surface area contributed by atoms with Gasteiger partial charge < -0.3 is 18.3 Å². The molecule has 0 saturated carbocycles. The maximum Gasteiger partial charge on any atom is 0.336 e. The van der Waals surface area contributed by atoms with Crippen molar-refractivity contribution in [2.45, 2.75) is 0 Å². The standard InChI is InChI=1S/C12H10O3.C12H10O2S/c1-2-7-14-10-5-3-9-4-6-12(13)15-11(9)8-10;1-2-7-13-10-5-3-9-4-6-12(15)14-11(9)8-10/h2*2-6,8H,1,7H2. The van der Waals surface area contributed by atoms with Crippen molar-refractivity contribution in [2.75, 3.05) is 13.2 Å². The molecule has 152 valence electrons. The predicted molar refractivity (Wildman–Crippen MR) is 121 cm³/mol. The van der Waals surface area contributed by atoms with Crippen molar-refractivity contribution in [1.29, 1.82) is 0 Å². The van der Waals surface area contributed by atoms with Crippen molar-refractivity contribution in [3.8, 4) is 11.5 Å². The Morgan fingerprint density at radius 2 is 1.27 bits per heavy atom. The normalized spacial score (nSPS) is 10.1. The molecule has 0 fully saturated rings. The van der Waals surface area contributed by atoms with E-state index in [9.17, 15) is 4.79 Å². The summed E-state index contributed by atoms with van der Waals surface area (Å²) in [7, 11) is 0. The van der Waals surface area contributed by atoms with Crippen molar-refractivity contribution >= 4 is 34.2 Å². The summed E-state index contributed by atoms with van der Waals surface area (Å²) in [5.74, 6) is 1.42. The van der Waals surface area contributed by atoms with Crippen LogP contribution in [-0.2, 0) is 0 Å². The van der Waals surface area contributed by atoms with Gasteiger partial charge in [-0.05, 0) is 54.7 Å². The third-order valence-electron chi connectivity index (χ3n) is 3.92. The van der Waals surface area contributed by atoms with Gasteiger partial charge in [-0.1, -0.05) is 25.3 Å². The van der Waals surface area contributed by atoms with Crippen molar-refractivity contribution in [1.82, 2.24) is 0 Å². The lowest BCUT2D eigenvalue weighted by Gasteiger charge is -2.03. The van der Waals surface area contributed by atoms with E-state index in [-0.39, 0.29) is 5.63 Å². The SMILES string of the molecule is C=CCOc1ccc2ccc(=O)oc2c1.C=CCOc1ccc2ccc(=S)oc2c1. The minimum Gasteiger partial charge on any atom is -0.489 e. The van der Waals surface area contributed by atoms with E-state index in [1.165, 1.54) is 6.07 Å². The van der Waals surface area contributed by atoms with Crippen molar-refractivity contribution in [3.63, 3.8) is 0 Å². The Morgan fingerprint density at radius 3 is 1.83 bits per heavy atom. The molecule has 0 aliphatic carbocycles. The summed E-state index contributed by atoms with van der Waals surface area (Å²) in [6, 6.07) is 17.8. The van der Waals surface area contributed by atoms with E-state index in [0.717, 1.165) is 22.1 Å². The average molecular weight is 420 g/mol. The summed E-state index contributed by atoms with van der Waals surface area (Å²) in [6.07, 6.45) is 3.36. The average Bonchev–Trinajstić information content (AvgIpc) is 2.76. The molecule has 30 heavy (non-hydrogen) atoms. The van der Waals surface area contributed by atoms with E-state index in [4.69, 9.17) is 30.5 Å². The molecular formula is C24H20O5S. The monoisotopic (exact) mass is 420 g/mol. The molecule has 0 amide bonds. The first-order valence-electron chi connectivity index (χ1n) is 9.14. The number of fused-ring (bicyclic) bond motifs is 2. The Morgan fingerprint density at radius 1 is 0.767 bits per heavy atom. The van der Waals surface area contributed by atoms with Gasteiger partial charge in [-0.2, -0.15) is 0 Å². The summed E-state index contributed by atoms with van der Waals surface area (Å²) in [5.41, 5.74) is 0.913. The first-order chi connectivity index (χ1) is 14.6. The van der Waals surface area contributed by atoms with Gasteiger partial charge in [0.05, 0.1) is 0 Å².